The quantitative estimate of drug-likeness (QED) is 0.356. The number of benzene rings is 1. The molecule has 5 nitrogen and oxygen atoms in total. The maximum absolute atomic E-state index is 13.6. The van der Waals surface area contributed by atoms with E-state index in [1.54, 1.807) is 7.05 Å². The largest absolute Gasteiger partial charge is 0.379 e. The first-order chi connectivity index (χ1) is 12.1. The molecular weight excluding hydrogens is 453 g/mol. The highest BCUT2D eigenvalue weighted by atomic mass is 127. The van der Waals surface area contributed by atoms with E-state index >= 15 is 0 Å². The molecule has 1 aromatic carbocycles. The van der Waals surface area contributed by atoms with Crippen LogP contribution >= 0.6 is 24.0 Å². The average molecular weight is 482 g/mol. The first kappa shape index (κ1) is 23.0. The van der Waals surface area contributed by atoms with Gasteiger partial charge in [-0.3, -0.25) is 9.89 Å². The minimum absolute atomic E-state index is 0. The lowest BCUT2D eigenvalue weighted by atomic mass is 10.1. The number of hydrogen-bond donors (Lipinski definition) is 2. The molecular formula is C18H29F2IN4O. The predicted molar refractivity (Wildman–Crippen MR) is 111 cm³/mol. The van der Waals surface area contributed by atoms with Crippen LogP contribution in [0.15, 0.2) is 23.2 Å². The second-order valence-corrected chi connectivity index (χ2v) is 6.38. The van der Waals surface area contributed by atoms with Crippen LogP contribution in [0.5, 0.6) is 0 Å². The molecule has 26 heavy (non-hydrogen) atoms. The van der Waals surface area contributed by atoms with Gasteiger partial charge in [0, 0.05) is 39.8 Å². The summed E-state index contributed by atoms with van der Waals surface area (Å²) in [5.74, 6) is 0.337. The lowest BCUT2D eigenvalue weighted by Crippen LogP contribution is -2.44. The molecule has 8 heteroatoms. The molecule has 2 N–H and O–H groups in total. The molecule has 0 bridgehead atoms. The van der Waals surface area contributed by atoms with Crippen LogP contribution < -0.4 is 10.6 Å². The van der Waals surface area contributed by atoms with E-state index in [2.05, 4.69) is 27.4 Å². The Bertz CT molecular complexity index is 568. The molecule has 2 rings (SSSR count). The van der Waals surface area contributed by atoms with Crippen molar-refractivity contribution in [3.63, 3.8) is 0 Å². The van der Waals surface area contributed by atoms with Gasteiger partial charge in [0.25, 0.3) is 0 Å². The van der Waals surface area contributed by atoms with Crippen LogP contribution in [0.3, 0.4) is 0 Å². The zero-order valence-corrected chi connectivity index (χ0v) is 17.8. The second kappa shape index (κ2) is 12.4. The van der Waals surface area contributed by atoms with Gasteiger partial charge in [0.1, 0.15) is 11.6 Å². The number of halogens is 3. The van der Waals surface area contributed by atoms with E-state index in [9.17, 15) is 8.78 Å². The van der Waals surface area contributed by atoms with Gasteiger partial charge in [-0.05, 0) is 36.1 Å². The van der Waals surface area contributed by atoms with Crippen LogP contribution in [0.2, 0.25) is 0 Å². The van der Waals surface area contributed by atoms with Crippen LogP contribution in [-0.2, 0) is 11.2 Å². The highest BCUT2D eigenvalue weighted by Gasteiger charge is 2.14. The van der Waals surface area contributed by atoms with E-state index in [4.69, 9.17) is 4.74 Å². The Morgan fingerprint density at radius 2 is 2.00 bits per heavy atom. The predicted octanol–water partition coefficient (Wildman–Crippen LogP) is 2.26. The third-order valence-corrected chi connectivity index (χ3v) is 4.21. The Labute approximate surface area is 171 Å². The summed E-state index contributed by atoms with van der Waals surface area (Å²) in [4.78, 5) is 6.57. The van der Waals surface area contributed by atoms with Crippen LogP contribution in [0.25, 0.3) is 0 Å². The highest BCUT2D eigenvalue weighted by Crippen LogP contribution is 2.09. The van der Waals surface area contributed by atoms with Gasteiger partial charge >= 0.3 is 0 Å². The molecule has 1 saturated heterocycles. The number of hydrogen-bond acceptors (Lipinski definition) is 3. The molecule has 0 saturated carbocycles. The maximum atomic E-state index is 13.6. The fraction of sp³-hybridized carbons (Fsp3) is 0.611. The normalized spacial score (nSPS) is 16.7. The van der Waals surface area contributed by atoms with Crippen molar-refractivity contribution in [3.05, 3.63) is 35.4 Å². The fourth-order valence-electron chi connectivity index (χ4n) is 2.83. The lowest BCUT2D eigenvalue weighted by Gasteiger charge is -2.29. The standard InChI is InChI=1S/C18H28F2N4O.HI/c1-14(13-24-7-9-25-10-8-24)12-23-18(21-2)22-6-5-15-11-16(19)3-4-17(15)20;/h3-4,11,14H,5-10,12-13H2,1-2H3,(H2,21,22,23);1H. The summed E-state index contributed by atoms with van der Waals surface area (Å²) in [6.07, 6.45) is 0.396. The molecule has 1 fully saturated rings. The number of guanidine groups is 1. The molecule has 0 amide bonds. The van der Waals surface area contributed by atoms with E-state index < -0.39 is 5.82 Å². The van der Waals surface area contributed by atoms with Crippen molar-refractivity contribution in [2.45, 2.75) is 13.3 Å². The fourth-order valence-corrected chi connectivity index (χ4v) is 2.83. The minimum atomic E-state index is -0.421. The van der Waals surface area contributed by atoms with Gasteiger partial charge in [0.2, 0.25) is 0 Å². The van der Waals surface area contributed by atoms with Gasteiger partial charge in [0.05, 0.1) is 13.2 Å². The number of morpholine rings is 1. The van der Waals surface area contributed by atoms with E-state index in [1.807, 2.05) is 0 Å². The number of nitrogens with zero attached hydrogens (tertiary/aromatic N) is 2. The summed E-state index contributed by atoms with van der Waals surface area (Å²) >= 11 is 0. The van der Waals surface area contributed by atoms with E-state index in [1.165, 1.54) is 6.07 Å². The second-order valence-electron chi connectivity index (χ2n) is 6.38. The van der Waals surface area contributed by atoms with Crippen molar-refractivity contribution in [3.8, 4) is 0 Å². The molecule has 0 aliphatic carbocycles. The summed E-state index contributed by atoms with van der Waals surface area (Å²) in [7, 11) is 1.70. The third kappa shape index (κ3) is 8.13. The molecule has 1 unspecified atom stereocenters. The summed E-state index contributed by atoms with van der Waals surface area (Å²) in [6, 6.07) is 3.52. The molecule has 0 radical (unpaired) electrons. The molecule has 1 aliphatic rings. The third-order valence-electron chi connectivity index (χ3n) is 4.21. The Balaban J connectivity index is 0.00000338. The Morgan fingerprint density at radius 1 is 1.27 bits per heavy atom. The molecule has 1 heterocycles. The van der Waals surface area contributed by atoms with E-state index in [0.29, 0.717) is 30.4 Å². The van der Waals surface area contributed by atoms with Crippen LogP contribution in [-0.4, -0.2) is 63.8 Å². The summed E-state index contributed by atoms with van der Waals surface area (Å²) < 4.78 is 32.1. The van der Waals surface area contributed by atoms with Gasteiger partial charge in [-0.1, -0.05) is 6.92 Å². The van der Waals surface area contributed by atoms with Gasteiger partial charge < -0.3 is 15.4 Å². The topological polar surface area (TPSA) is 48.9 Å². The lowest BCUT2D eigenvalue weighted by molar-refractivity contribution is 0.0320. The zero-order chi connectivity index (χ0) is 18.1. The van der Waals surface area contributed by atoms with E-state index in [-0.39, 0.29) is 29.8 Å². The van der Waals surface area contributed by atoms with Gasteiger partial charge in [-0.25, -0.2) is 8.78 Å². The molecule has 1 aromatic rings. The Hall–Kier alpha value is -1.00. The smallest absolute Gasteiger partial charge is 0.190 e. The molecule has 1 atom stereocenters. The van der Waals surface area contributed by atoms with Crippen molar-refractivity contribution in [2.24, 2.45) is 10.9 Å². The number of nitrogens with one attached hydrogen (secondary N) is 2. The summed E-state index contributed by atoms with van der Waals surface area (Å²) in [5.41, 5.74) is 0.364. The van der Waals surface area contributed by atoms with Gasteiger partial charge in [0.15, 0.2) is 5.96 Å². The van der Waals surface area contributed by atoms with Crippen molar-refractivity contribution in [2.75, 3.05) is 53.0 Å². The summed E-state index contributed by atoms with van der Waals surface area (Å²) in [5, 5.41) is 6.42. The van der Waals surface area contributed by atoms with Crippen LogP contribution in [0.4, 0.5) is 8.78 Å². The average Bonchev–Trinajstić information content (AvgIpc) is 2.61. The minimum Gasteiger partial charge on any atom is -0.379 e. The molecule has 1 aliphatic heterocycles. The van der Waals surface area contributed by atoms with Gasteiger partial charge in [-0.2, -0.15) is 0 Å². The Morgan fingerprint density at radius 3 is 2.69 bits per heavy atom. The number of ether oxygens (including phenoxy) is 1. The van der Waals surface area contributed by atoms with Gasteiger partial charge in [-0.15, -0.1) is 24.0 Å². The van der Waals surface area contributed by atoms with Crippen molar-refractivity contribution in [1.82, 2.24) is 15.5 Å². The SMILES string of the molecule is CN=C(NCCc1cc(F)ccc1F)NCC(C)CN1CCOCC1.I. The molecule has 0 spiro atoms. The molecule has 148 valence electrons. The number of rotatable bonds is 7. The zero-order valence-electron chi connectivity index (χ0n) is 15.4. The monoisotopic (exact) mass is 482 g/mol. The van der Waals surface area contributed by atoms with E-state index in [0.717, 1.165) is 51.5 Å². The maximum Gasteiger partial charge on any atom is 0.190 e. The van der Waals surface area contributed by atoms with Crippen LogP contribution in [0.1, 0.15) is 12.5 Å². The van der Waals surface area contributed by atoms with Crippen molar-refractivity contribution in [1.29, 1.82) is 0 Å². The van der Waals surface area contributed by atoms with Crippen molar-refractivity contribution < 1.29 is 13.5 Å². The van der Waals surface area contributed by atoms with Crippen molar-refractivity contribution >= 4 is 29.9 Å². The highest BCUT2D eigenvalue weighted by molar-refractivity contribution is 14.0. The van der Waals surface area contributed by atoms with Crippen LogP contribution in [0, 0.1) is 17.6 Å². The summed E-state index contributed by atoms with van der Waals surface area (Å²) in [6.45, 7) is 8.07. The first-order valence-corrected chi connectivity index (χ1v) is 8.77. The number of aliphatic imine (C=N–C) groups is 1. The Kier molecular flexibility index (Phi) is 11.0. The molecule has 0 aromatic heterocycles. The first-order valence-electron chi connectivity index (χ1n) is 8.77.